The zero-order chi connectivity index (χ0) is 20.9. The largest absolute Gasteiger partial charge is 0.385 e. The van der Waals surface area contributed by atoms with Crippen molar-refractivity contribution in [3.63, 3.8) is 0 Å². The Morgan fingerprint density at radius 1 is 1.20 bits per heavy atom. The Kier molecular flexibility index (Phi) is 14.3. The molecule has 1 fully saturated rings. The lowest BCUT2D eigenvalue weighted by atomic mass is 9.99. The summed E-state index contributed by atoms with van der Waals surface area (Å²) < 4.78 is 5.10. The minimum absolute atomic E-state index is 0. The van der Waals surface area contributed by atoms with E-state index in [1.54, 1.807) is 7.11 Å². The number of aliphatic imine (C=N–C) groups is 1. The molecular formula is C23H42IN5O. The van der Waals surface area contributed by atoms with Crippen LogP contribution < -0.4 is 10.6 Å². The summed E-state index contributed by atoms with van der Waals surface area (Å²) in [5, 5.41) is 6.80. The molecule has 1 heterocycles. The number of rotatable bonds is 11. The van der Waals surface area contributed by atoms with Gasteiger partial charge in [0.15, 0.2) is 5.96 Å². The zero-order valence-corrected chi connectivity index (χ0v) is 21.7. The number of nitrogens with one attached hydrogen (secondary N) is 2. The van der Waals surface area contributed by atoms with Gasteiger partial charge in [-0.25, -0.2) is 0 Å². The smallest absolute Gasteiger partial charge is 0.191 e. The molecule has 1 aromatic carbocycles. The number of likely N-dealkylation sites (N-methyl/N-ethyl adjacent to an activating group) is 1. The molecule has 1 saturated heterocycles. The first-order valence-corrected chi connectivity index (χ1v) is 11.0. The first kappa shape index (κ1) is 27.1. The quantitative estimate of drug-likeness (QED) is 0.199. The molecule has 0 spiro atoms. The van der Waals surface area contributed by atoms with Crippen molar-refractivity contribution in [2.75, 3.05) is 60.5 Å². The fourth-order valence-electron chi connectivity index (χ4n) is 3.81. The molecule has 0 amide bonds. The number of hydrogen-bond donors (Lipinski definition) is 2. The number of methoxy groups -OCH3 is 1. The summed E-state index contributed by atoms with van der Waals surface area (Å²) in [5.74, 6) is 1.68. The number of likely N-dealkylation sites (tertiary alicyclic amines) is 1. The highest BCUT2D eigenvalue weighted by Gasteiger charge is 2.16. The van der Waals surface area contributed by atoms with Crippen molar-refractivity contribution in [3.05, 3.63) is 35.4 Å². The summed E-state index contributed by atoms with van der Waals surface area (Å²) in [6.45, 7) is 10.4. The maximum Gasteiger partial charge on any atom is 0.191 e. The van der Waals surface area contributed by atoms with Crippen LogP contribution in [0.1, 0.15) is 37.3 Å². The van der Waals surface area contributed by atoms with Gasteiger partial charge in [0.1, 0.15) is 0 Å². The molecule has 2 N–H and O–H groups in total. The molecule has 7 heteroatoms. The maximum absolute atomic E-state index is 5.10. The fraction of sp³-hybridized carbons (Fsp3) is 0.696. The van der Waals surface area contributed by atoms with E-state index in [0.717, 1.165) is 57.6 Å². The number of guanidine groups is 1. The SMILES string of the molecule is CN=C(NCCN(C)CCCOC)NCc1ccc(CN2CCCC(C)C2)cc1.I. The molecule has 1 aliphatic heterocycles. The average molecular weight is 532 g/mol. The average Bonchev–Trinajstić information content (AvgIpc) is 2.72. The maximum atomic E-state index is 5.10. The second-order valence-electron chi connectivity index (χ2n) is 8.30. The molecule has 1 aromatic rings. The van der Waals surface area contributed by atoms with Gasteiger partial charge in [-0.05, 0) is 49.9 Å². The first-order valence-electron chi connectivity index (χ1n) is 11.0. The molecule has 0 bridgehead atoms. The molecule has 0 aliphatic carbocycles. The molecule has 1 atom stereocenters. The van der Waals surface area contributed by atoms with Gasteiger partial charge < -0.3 is 20.3 Å². The number of benzene rings is 1. The lowest BCUT2D eigenvalue weighted by Gasteiger charge is -2.30. The Morgan fingerprint density at radius 2 is 1.93 bits per heavy atom. The minimum Gasteiger partial charge on any atom is -0.385 e. The number of piperidine rings is 1. The zero-order valence-electron chi connectivity index (χ0n) is 19.3. The van der Waals surface area contributed by atoms with Gasteiger partial charge in [0, 0.05) is 60.0 Å². The second-order valence-corrected chi connectivity index (χ2v) is 8.30. The van der Waals surface area contributed by atoms with Crippen molar-refractivity contribution in [1.82, 2.24) is 20.4 Å². The van der Waals surface area contributed by atoms with Crippen molar-refractivity contribution in [2.45, 2.75) is 39.3 Å². The minimum atomic E-state index is 0. The van der Waals surface area contributed by atoms with E-state index in [-0.39, 0.29) is 24.0 Å². The fourth-order valence-corrected chi connectivity index (χ4v) is 3.81. The molecule has 0 aromatic heterocycles. The third kappa shape index (κ3) is 10.9. The summed E-state index contributed by atoms with van der Waals surface area (Å²) >= 11 is 0. The third-order valence-electron chi connectivity index (χ3n) is 5.53. The van der Waals surface area contributed by atoms with Gasteiger partial charge in [-0.1, -0.05) is 31.2 Å². The van der Waals surface area contributed by atoms with Crippen LogP contribution >= 0.6 is 24.0 Å². The van der Waals surface area contributed by atoms with Gasteiger partial charge >= 0.3 is 0 Å². The Hall–Kier alpha value is -0.900. The van der Waals surface area contributed by atoms with Crippen molar-refractivity contribution >= 4 is 29.9 Å². The standard InChI is InChI=1S/C23H41N5O.HI/c1-20-7-5-14-28(18-20)19-22-10-8-21(9-11-22)17-26-23(24-2)25-12-15-27(3)13-6-16-29-4;/h8-11,20H,5-7,12-19H2,1-4H3,(H2,24,25,26);1H. The highest BCUT2D eigenvalue weighted by atomic mass is 127. The van der Waals surface area contributed by atoms with Crippen LogP contribution in [0.5, 0.6) is 0 Å². The van der Waals surface area contributed by atoms with Crippen LogP contribution in [0, 0.1) is 5.92 Å². The van der Waals surface area contributed by atoms with E-state index in [1.807, 2.05) is 7.05 Å². The number of ether oxygens (including phenoxy) is 1. The Bertz CT molecular complexity index is 596. The molecule has 1 unspecified atom stereocenters. The molecule has 6 nitrogen and oxygen atoms in total. The van der Waals surface area contributed by atoms with E-state index >= 15 is 0 Å². The Morgan fingerprint density at radius 3 is 2.60 bits per heavy atom. The van der Waals surface area contributed by atoms with E-state index in [4.69, 9.17) is 4.74 Å². The summed E-state index contributed by atoms with van der Waals surface area (Å²) in [6, 6.07) is 8.99. The van der Waals surface area contributed by atoms with Crippen LogP contribution in [-0.2, 0) is 17.8 Å². The Labute approximate surface area is 200 Å². The summed E-state index contributed by atoms with van der Waals surface area (Å²) in [5.41, 5.74) is 2.68. The van der Waals surface area contributed by atoms with Crippen molar-refractivity contribution < 1.29 is 4.74 Å². The predicted molar refractivity (Wildman–Crippen MR) is 138 cm³/mol. The molecular weight excluding hydrogens is 489 g/mol. The first-order chi connectivity index (χ1) is 14.1. The summed E-state index contributed by atoms with van der Waals surface area (Å²) in [4.78, 5) is 9.22. The number of halogens is 1. The van der Waals surface area contributed by atoms with E-state index in [2.05, 4.69) is 63.7 Å². The topological polar surface area (TPSA) is 52.1 Å². The van der Waals surface area contributed by atoms with Crippen molar-refractivity contribution in [3.8, 4) is 0 Å². The summed E-state index contributed by atoms with van der Waals surface area (Å²) in [6.07, 6.45) is 3.77. The van der Waals surface area contributed by atoms with E-state index in [0.29, 0.717) is 0 Å². The van der Waals surface area contributed by atoms with E-state index in [9.17, 15) is 0 Å². The molecule has 0 radical (unpaired) electrons. The highest BCUT2D eigenvalue weighted by molar-refractivity contribution is 14.0. The van der Waals surface area contributed by atoms with Gasteiger partial charge in [0.2, 0.25) is 0 Å². The van der Waals surface area contributed by atoms with Crippen LogP contribution in [0.4, 0.5) is 0 Å². The number of hydrogen-bond acceptors (Lipinski definition) is 4. The van der Waals surface area contributed by atoms with Gasteiger partial charge in [-0.2, -0.15) is 0 Å². The van der Waals surface area contributed by atoms with Crippen LogP contribution in [0.2, 0.25) is 0 Å². The lowest BCUT2D eigenvalue weighted by molar-refractivity contribution is 0.176. The molecule has 30 heavy (non-hydrogen) atoms. The predicted octanol–water partition coefficient (Wildman–Crippen LogP) is 3.17. The van der Waals surface area contributed by atoms with Crippen molar-refractivity contribution in [2.24, 2.45) is 10.9 Å². The molecule has 0 saturated carbocycles. The van der Waals surface area contributed by atoms with Crippen molar-refractivity contribution in [1.29, 1.82) is 0 Å². The van der Waals surface area contributed by atoms with E-state index < -0.39 is 0 Å². The normalized spacial score (nSPS) is 17.6. The number of nitrogens with zero attached hydrogens (tertiary/aromatic N) is 3. The summed E-state index contributed by atoms with van der Waals surface area (Å²) in [7, 11) is 5.71. The lowest BCUT2D eigenvalue weighted by Crippen LogP contribution is -2.40. The van der Waals surface area contributed by atoms with Gasteiger partial charge in [0.25, 0.3) is 0 Å². The molecule has 2 rings (SSSR count). The van der Waals surface area contributed by atoms with Crippen LogP contribution in [0.3, 0.4) is 0 Å². The Balaban J connectivity index is 0.00000450. The van der Waals surface area contributed by atoms with E-state index in [1.165, 1.54) is 37.1 Å². The van der Waals surface area contributed by atoms with Crippen LogP contribution in [-0.4, -0.2) is 76.3 Å². The van der Waals surface area contributed by atoms with Gasteiger partial charge in [-0.15, -0.1) is 24.0 Å². The second kappa shape index (κ2) is 15.8. The molecule has 1 aliphatic rings. The van der Waals surface area contributed by atoms with Crippen LogP contribution in [0.25, 0.3) is 0 Å². The monoisotopic (exact) mass is 531 g/mol. The van der Waals surface area contributed by atoms with Gasteiger partial charge in [0.05, 0.1) is 0 Å². The third-order valence-corrected chi connectivity index (χ3v) is 5.53. The molecule has 172 valence electrons. The van der Waals surface area contributed by atoms with Gasteiger partial charge in [-0.3, -0.25) is 9.89 Å². The van der Waals surface area contributed by atoms with Crippen LogP contribution in [0.15, 0.2) is 29.3 Å². The highest BCUT2D eigenvalue weighted by Crippen LogP contribution is 2.18.